The maximum Gasteiger partial charge on any atom is 0.254 e. The summed E-state index contributed by atoms with van der Waals surface area (Å²) in [7, 11) is 0. The number of carbonyl (C=O) groups excluding carboxylic acids is 1. The third-order valence-corrected chi connectivity index (χ3v) is 3.69. The van der Waals surface area contributed by atoms with E-state index in [1.807, 2.05) is 43.0 Å². The molecule has 0 aliphatic rings. The largest absolute Gasteiger partial charge is 0.393 e. The van der Waals surface area contributed by atoms with Crippen molar-refractivity contribution in [3.63, 3.8) is 0 Å². The Labute approximate surface area is 133 Å². The number of carbonyl (C=O) groups is 1. The standard InChI is InChI=1S/C17H26N2OS/c1-12(2)19(11-10-15(18)21)16(20)13-6-8-14(9-7-13)17(3,4)5/h6-9,12H,10-11H2,1-5H3,(H2,18,21). The molecule has 0 fully saturated rings. The molecule has 0 aliphatic carbocycles. The molecule has 2 N–H and O–H groups in total. The molecule has 3 nitrogen and oxygen atoms in total. The fourth-order valence-corrected chi connectivity index (χ4v) is 2.19. The zero-order valence-electron chi connectivity index (χ0n) is 13.6. The van der Waals surface area contributed by atoms with Crippen LogP contribution >= 0.6 is 12.2 Å². The van der Waals surface area contributed by atoms with Crippen LogP contribution in [-0.4, -0.2) is 28.4 Å². The Morgan fingerprint density at radius 3 is 2.14 bits per heavy atom. The Morgan fingerprint density at radius 2 is 1.76 bits per heavy atom. The number of amides is 1. The average molecular weight is 306 g/mol. The van der Waals surface area contributed by atoms with Crippen molar-refractivity contribution in [1.82, 2.24) is 4.90 Å². The van der Waals surface area contributed by atoms with E-state index in [0.29, 0.717) is 23.5 Å². The highest BCUT2D eigenvalue weighted by molar-refractivity contribution is 7.80. The second kappa shape index (κ2) is 7.03. The number of nitrogens with zero attached hydrogens (tertiary/aromatic N) is 1. The highest BCUT2D eigenvalue weighted by Gasteiger charge is 2.20. The second-order valence-electron chi connectivity index (χ2n) is 6.64. The first-order chi connectivity index (χ1) is 9.62. The molecule has 1 aromatic carbocycles. The molecule has 0 bridgehead atoms. The van der Waals surface area contributed by atoms with Crippen LogP contribution in [0.4, 0.5) is 0 Å². The predicted molar refractivity (Wildman–Crippen MR) is 92.7 cm³/mol. The first kappa shape index (κ1) is 17.6. The molecule has 0 heterocycles. The first-order valence-electron chi connectivity index (χ1n) is 7.32. The minimum Gasteiger partial charge on any atom is -0.393 e. The van der Waals surface area contributed by atoms with Crippen LogP contribution in [-0.2, 0) is 5.41 Å². The summed E-state index contributed by atoms with van der Waals surface area (Å²) in [5.74, 6) is 0.0294. The molecule has 0 aliphatic heterocycles. The highest BCUT2D eigenvalue weighted by Crippen LogP contribution is 2.22. The number of thiocarbonyl (C=S) groups is 1. The number of nitrogens with two attached hydrogens (primary N) is 1. The molecule has 4 heteroatoms. The Morgan fingerprint density at radius 1 is 1.24 bits per heavy atom. The van der Waals surface area contributed by atoms with Crippen molar-refractivity contribution in [3.8, 4) is 0 Å². The fraction of sp³-hybridized carbons (Fsp3) is 0.529. The van der Waals surface area contributed by atoms with E-state index in [1.54, 1.807) is 0 Å². The first-order valence-corrected chi connectivity index (χ1v) is 7.73. The zero-order chi connectivity index (χ0) is 16.2. The summed E-state index contributed by atoms with van der Waals surface area (Å²) in [6.45, 7) is 11.0. The maximum absolute atomic E-state index is 12.6. The maximum atomic E-state index is 12.6. The molecule has 1 rings (SSSR count). The lowest BCUT2D eigenvalue weighted by Gasteiger charge is -2.27. The number of benzene rings is 1. The van der Waals surface area contributed by atoms with E-state index in [4.69, 9.17) is 18.0 Å². The van der Waals surface area contributed by atoms with Gasteiger partial charge in [-0.2, -0.15) is 0 Å². The molecule has 1 amide bonds. The quantitative estimate of drug-likeness (QED) is 0.847. The lowest BCUT2D eigenvalue weighted by molar-refractivity contribution is 0.0711. The lowest BCUT2D eigenvalue weighted by Crippen LogP contribution is -2.39. The summed E-state index contributed by atoms with van der Waals surface area (Å²) in [5.41, 5.74) is 7.56. The summed E-state index contributed by atoms with van der Waals surface area (Å²) in [5, 5.41) is 0. The molecule has 0 radical (unpaired) electrons. The van der Waals surface area contributed by atoms with Crippen LogP contribution in [0.25, 0.3) is 0 Å². The fourth-order valence-electron chi connectivity index (χ4n) is 2.10. The normalized spacial score (nSPS) is 11.5. The van der Waals surface area contributed by atoms with Gasteiger partial charge in [0.05, 0.1) is 4.99 Å². The molecular weight excluding hydrogens is 280 g/mol. The Balaban J connectivity index is 2.91. The van der Waals surface area contributed by atoms with Crippen molar-refractivity contribution < 1.29 is 4.79 Å². The van der Waals surface area contributed by atoms with Gasteiger partial charge in [0.25, 0.3) is 5.91 Å². The highest BCUT2D eigenvalue weighted by atomic mass is 32.1. The zero-order valence-corrected chi connectivity index (χ0v) is 14.5. The van der Waals surface area contributed by atoms with Gasteiger partial charge < -0.3 is 10.6 Å². The van der Waals surface area contributed by atoms with Gasteiger partial charge >= 0.3 is 0 Å². The lowest BCUT2D eigenvalue weighted by atomic mass is 9.86. The second-order valence-corrected chi connectivity index (χ2v) is 7.16. The monoisotopic (exact) mass is 306 g/mol. The van der Waals surface area contributed by atoms with E-state index in [0.717, 1.165) is 0 Å². The van der Waals surface area contributed by atoms with Gasteiger partial charge in [-0.25, -0.2) is 0 Å². The van der Waals surface area contributed by atoms with E-state index >= 15 is 0 Å². The smallest absolute Gasteiger partial charge is 0.254 e. The Kier molecular flexibility index (Phi) is 5.90. The van der Waals surface area contributed by atoms with Crippen molar-refractivity contribution in [2.75, 3.05) is 6.54 Å². The van der Waals surface area contributed by atoms with Gasteiger partial charge in [0, 0.05) is 24.6 Å². The molecule has 1 aromatic rings. The van der Waals surface area contributed by atoms with Crippen LogP contribution in [0.15, 0.2) is 24.3 Å². The Bertz CT molecular complexity index is 501. The van der Waals surface area contributed by atoms with Crippen LogP contribution in [0.5, 0.6) is 0 Å². The third-order valence-electron chi connectivity index (χ3n) is 3.48. The van der Waals surface area contributed by atoms with E-state index in [2.05, 4.69) is 20.8 Å². The minimum atomic E-state index is 0.0294. The van der Waals surface area contributed by atoms with Gasteiger partial charge in [0.1, 0.15) is 0 Å². The van der Waals surface area contributed by atoms with Crippen molar-refractivity contribution in [2.24, 2.45) is 5.73 Å². The van der Waals surface area contributed by atoms with Gasteiger partial charge in [-0.05, 0) is 37.0 Å². The number of hydrogen-bond acceptors (Lipinski definition) is 2. The Hall–Kier alpha value is -1.42. The number of rotatable bonds is 5. The van der Waals surface area contributed by atoms with Crippen LogP contribution in [0, 0.1) is 0 Å². The molecule has 0 aromatic heterocycles. The summed E-state index contributed by atoms with van der Waals surface area (Å²) in [6.07, 6.45) is 0.555. The van der Waals surface area contributed by atoms with Crippen molar-refractivity contribution in [2.45, 2.75) is 52.5 Å². The summed E-state index contributed by atoms with van der Waals surface area (Å²) < 4.78 is 0. The van der Waals surface area contributed by atoms with Gasteiger partial charge in [0.2, 0.25) is 0 Å². The average Bonchev–Trinajstić information content (AvgIpc) is 2.37. The molecular formula is C17H26N2OS. The van der Waals surface area contributed by atoms with E-state index in [9.17, 15) is 4.79 Å². The summed E-state index contributed by atoms with van der Waals surface area (Å²) >= 11 is 4.90. The van der Waals surface area contributed by atoms with E-state index in [-0.39, 0.29) is 17.4 Å². The molecule has 0 saturated heterocycles. The molecule has 116 valence electrons. The molecule has 0 saturated carbocycles. The molecule has 0 atom stereocenters. The summed E-state index contributed by atoms with van der Waals surface area (Å²) in [6, 6.07) is 7.98. The van der Waals surface area contributed by atoms with E-state index in [1.165, 1.54) is 5.56 Å². The minimum absolute atomic E-state index is 0.0294. The third kappa shape index (κ3) is 5.12. The van der Waals surface area contributed by atoms with Gasteiger partial charge in [-0.3, -0.25) is 4.79 Å². The summed E-state index contributed by atoms with van der Waals surface area (Å²) in [4.78, 5) is 14.9. The number of hydrogen-bond donors (Lipinski definition) is 1. The molecule has 0 unspecified atom stereocenters. The van der Waals surface area contributed by atoms with Crippen LogP contribution in [0.1, 0.15) is 57.0 Å². The SMILES string of the molecule is CC(C)N(CCC(N)=S)C(=O)c1ccc(C(C)(C)C)cc1. The van der Waals surface area contributed by atoms with Crippen LogP contribution in [0.2, 0.25) is 0 Å². The van der Waals surface area contributed by atoms with Gasteiger partial charge in [-0.15, -0.1) is 0 Å². The molecule has 0 spiro atoms. The van der Waals surface area contributed by atoms with Crippen molar-refractivity contribution in [3.05, 3.63) is 35.4 Å². The van der Waals surface area contributed by atoms with Gasteiger partial charge in [0.15, 0.2) is 0 Å². The van der Waals surface area contributed by atoms with Crippen molar-refractivity contribution >= 4 is 23.1 Å². The topological polar surface area (TPSA) is 46.3 Å². The van der Waals surface area contributed by atoms with Crippen LogP contribution < -0.4 is 5.73 Å². The van der Waals surface area contributed by atoms with Crippen molar-refractivity contribution in [1.29, 1.82) is 0 Å². The van der Waals surface area contributed by atoms with Gasteiger partial charge in [-0.1, -0.05) is 45.1 Å². The predicted octanol–water partition coefficient (Wildman–Crippen LogP) is 3.51. The van der Waals surface area contributed by atoms with Crippen LogP contribution in [0.3, 0.4) is 0 Å². The molecule has 21 heavy (non-hydrogen) atoms. The van der Waals surface area contributed by atoms with E-state index < -0.39 is 0 Å².